The van der Waals surface area contributed by atoms with Gasteiger partial charge in [-0.3, -0.25) is 0 Å². The quantitative estimate of drug-likeness (QED) is 0.867. The van der Waals surface area contributed by atoms with E-state index in [1.807, 2.05) is 30.3 Å². The maximum atomic E-state index is 10.9. The van der Waals surface area contributed by atoms with Gasteiger partial charge in [-0.05, 0) is 36.2 Å². The summed E-state index contributed by atoms with van der Waals surface area (Å²) in [4.78, 5) is 13.2. The van der Waals surface area contributed by atoms with E-state index < -0.39 is 5.97 Å². The summed E-state index contributed by atoms with van der Waals surface area (Å²) in [6.07, 6.45) is 1.05. The number of carboxylic acid groups (broad SMARTS) is 1. The summed E-state index contributed by atoms with van der Waals surface area (Å²) in [5, 5.41) is 8.94. The highest BCUT2D eigenvalue weighted by atomic mass is 16.4. The van der Waals surface area contributed by atoms with E-state index in [4.69, 9.17) is 5.11 Å². The first-order chi connectivity index (χ1) is 9.70. The predicted octanol–water partition coefficient (Wildman–Crippen LogP) is 3.80. The zero-order chi connectivity index (χ0) is 14.4. The van der Waals surface area contributed by atoms with Gasteiger partial charge in [-0.2, -0.15) is 0 Å². The van der Waals surface area contributed by atoms with Crippen LogP contribution in [0.4, 0.5) is 5.69 Å². The molecule has 0 saturated carbocycles. The van der Waals surface area contributed by atoms with E-state index in [2.05, 4.69) is 24.0 Å². The molecule has 0 saturated heterocycles. The monoisotopic (exact) mass is 269 g/mol. The van der Waals surface area contributed by atoms with Gasteiger partial charge in [0.15, 0.2) is 0 Å². The Morgan fingerprint density at radius 2 is 1.70 bits per heavy atom. The Hall–Kier alpha value is -2.29. The number of hydrogen-bond acceptors (Lipinski definition) is 2. The Morgan fingerprint density at radius 3 is 2.25 bits per heavy atom. The zero-order valence-corrected chi connectivity index (χ0v) is 11.6. The summed E-state index contributed by atoms with van der Waals surface area (Å²) in [5.41, 5.74) is 2.63. The third-order valence-electron chi connectivity index (χ3n) is 3.19. The highest BCUT2D eigenvalue weighted by Gasteiger charge is 2.08. The molecule has 0 atom stereocenters. The van der Waals surface area contributed by atoms with Gasteiger partial charge in [-0.15, -0.1) is 0 Å². The molecule has 2 aromatic carbocycles. The molecule has 20 heavy (non-hydrogen) atoms. The zero-order valence-electron chi connectivity index (χ0n) is 11.6. The third-order valence-corrected chi connectivity index (χ3v) is 3.19. The molecule has 0 aliphatic rings. The number of benzene rings is 2. The van der Waals surface area contributed by atoms with Crippen LogP contribution in [0.5, 0.6) is 0 Å². The van der Waals surface area contributed by atoms with E-state index >= 15 is 0 Å². The molecule has 1 N–H and O–H groups in total. The minimum absolute atomic E-state index is 0.324. The first kappa shape index (κ1) is 14.1. The Morgan fingerprint density at radius 1 is 1.05 bits per heavy atom. The number of hydrogen-bond donors (Lipinski definition) is 1. The Labute approximate surface area is 119 Å². The van der Waals surface area contributed by atoms with Crippen LogP contribution in [0.25, 0.3) is 0 Å². The van der Waals surface area contributed by atoms with Gasteiger partial charge < -0.3 is 10.0 Å². The maximum Gasteiger partial charge on any atom is 0.335 e. The van der Waals surface area contributed by atoms with Crippen LogP contribution in [0.1, 0.15) is 29.3 Å². The molecule has 0 heterocycles. The van der Waals surface area contributed by atoms with Crippen molar-refractivity contribution in [2.45, 2.75) is 19.9 Å². The number of carboxylic acids is 1. The molecular weight excluding hydrogens is 250 g/mol. The normalized spacial score (nSPS) is 10.2. The van der Waals surface area contributed by atoms with Crippen molar-refractivity contribution in [1.29, 1.82) is 0 Å². The SMILES string of the molecule is CCCN(Cc1ccccc1)c1ccc(C(=O)O)cc1. The van der Waals surface area contributed by atoms with Crippen LogP contribution in [0.15, 0.2) is 54.6 Å². The molecule has 104 valence electrons. The molecule has 0 aliphatic carbocycles. The second-order valence-corrected chi connectivity index (χ2v) is 4.76. The molecule has 3 nitrogen and oxygen atoms in total. The van der Waals surface area contributed by atoms with Crippen molar-refractivity contribution >= 4 is 11.7 Å². The highest BCUT2D eigenvalue weighted by molar-refractivity contribution is 5.88. The summed E-state index contributed by atoms with van der Waals surface area (Å²) < 4.78 is 0. The fourth-order valence-electron chi connectivity index (χ4n) is 2.19. The number of carbonyl (C=O) groups is 1. The molecule has 0 fully saturated rings. The lowest BCUT2D eigenvalue weighted by Gasteiger charge is -2.24. The van der Waals surface area contributed by atoms with Gasteiger partial charge in [0.1, 0.15) is 0 Å². The minimum Gasteiger partial charge on any atom is -0.478 e. The Bertz CT molecular complexity index is 549. The van der Waals surface area contributed by atoms with E-state index in [0.29, 0.717) is 5.56 Å². The van der Waals surface area contributed by atoms with Crippen molar-refractivity contribution in [2.75, 3.05) is 11.4 Å². The molecule has 3 heteroatoms. The van der Waals surface area contributed by atoms with Crippen molar-refractivity contribution in [3.63, 3.8) is 0 Å². The van der Waals surface area contributed by atoms with Gasteiger partial charge in [-0.25, -0.2) is 4.79 Å². The van der Waals surface area contributed by atoms with E-state index in [0.717, 1.165) is 25.2 Å². The maximum absolute atomic E-state index is 10.9. The lowest BCUT2D eigenvalue weighted by atomic mass is 10.1. The fraction of sp³-hybridized carbons (Fsp3) is 0.235. The van der Waals surface area contributed by atoms with E-state index in [9.17, 15) is 4.79 Å². The highest BCUT2D eigenvalue weighted by Crippen LogP contribution is 2.18. The minimum atomic E-state index is -0.887. The van der Waals surface area contributed by atoms with Gasteiger partial charge in [0.2, 0.25) is 0 Å². The standard InChI is InChI=1S/C17H19NO2/c1-2-12-18(13-14-6-4-3-5-7-14)16-10-8-15(9-11-16)17(19)20/h3-11H,2,12-13H2,1H3,(H,19,20). The van der Waals surface area contributed by atoms with Crippen LogP contribution < -0.4 is 4.90 Å². The van der Waals surface area contributed by atoms with Crippen LogP contribution >= 0.6 is 0 Å². The average molecular weight is 269 g/mol. The summed E-state index contributed by atoms with van der Waals surface area (Å²) >= 11 is 0. The molecule has 0 radical (unpaired) electrons. The van der Waals surface area contributed by atoms with Crippen molar-refractivity contribution in [1.82, 2.24) is 0 Å². The number of anilines is 1. The molecule has 0 bridgehead atoms. The second-order valence-electron chi connectivity index (χ2n) is 4.76. The second kappa shape index (κ2) is 6.75. The van der Waals surface area contributed by atoms with Crippen molar-refractivity contribution < 1.29 is 9.90 Å². The molecule has 0 spiro atoms. The average Bonchev–Trinajstić information content (AvgIpc) is 2.48. The van der Waals surface area contributed by atoms with E-state index in [1.54, 1.807) is 12.1 Å². The Balaban J connectivity index is 2.17. The van der Waals surface area contributed by atoms with Crippen LogP contribution in [0, 0.1) is 0 Å². The summed E-state index contributed by atoms with van der Waals surface area (Å²) in [6, 6.07) is 17.4. The largest absolute Gasteiger partial charge is 0.478 e. The van der Waals surface area contributed by atoms with Gasteiger partial charge in [0.25, 0.3) is 0 Å². The number of aromatic carboxylic acids is 1. The van der Waals surface area contributed by atoms with Crippen LogP contribution in [-0.2, 0) is 6.54 Å². The third kappa shape index (κ3) is 3.60. The van der Waals surface area contributed by atoms with Gasteiger partial charge >= 0.3 is 5.97 Å². The van der Waals surface area contributed by atoms with Crippen LogP contribution in [0.3, 0.4) is 0 Å². The van der Waals surface area contributed by atoms with Gasteiger partial charge in [-0.1, -0.05) is 37.3 Å². The number of rotatable bonds is 6. The predicted molar refractivity (Wildman–Crippen MR) is 81.2 cm³/mol. The Kier molecular flexibility index (Phi) is 4.77. The lowest BCUT2D eigenvalue weighted by molar-refractivity contribution is 0.0697. The topological polar surface area (TPSA) is 40.5 Å². The molecule has 0 amide bonds. The molecule has 2 rings (SSSR count). The summed E-state index contributed by atoms with van der Waals surface area (Å²) in [5.74, 6) is -0.887. The molecular formula is C17H19NO2. The van der Waals surface area contributed by atoms with Crippen molar-refractivity contribution in [3.8, 4) is 0 Å². The number of nitrogens with zero attached hydrogens (tertiary/aromatic N) is 1. The fourth-order valence-corrected chi connectivity index (χ4v) is 2.19. The molecule has 0 aromatic heterocycles. The smallest absolute Gasteiger partial charge is 0.335 e. The molecule has 0 aliphatic heterocycles. The first-order valence-electron chi connectivity index (χ1n) is 6.83. The van der Waals surface area contributed by atoms with Gasteiger partial charge in [0, 0.05) is 18.8 Å². The van der Waals surface area contributed by atoms with E-state index in [-0.39, 0.29) is 0 Å². The molecule has 2 aromatic rings. The molecule has 0 unspecified atom stereocenters. The lowest BCUT2D eigenvalue weighted by Crippen LogP contribution is -2.23. The van der Waals surface area contributed by atoms with Crippen molar-refractivity contribution in [2.24, 2.45) is 0 Å². The van der Waals surface area contributed by atoms with Crippen LogP contribution in [-0.4, -0.2) is 17.6 Å². The summed E-state index contributed by atoms with van der Waals surface area (Å²) in [7, 11) is 0. The van der Waals surface area contributed by atoms with Crippen LogP contribution in [0.2, 0.25) is 0 Å². The summed E-state index contributed by atoms with van der Waals surface area (Å²) in [6.45, 7) is 3.92. The van der Waals surface area contributed by atoms with Gasteiger partial charge in [0.05, 0.1) is 5.56 Å². The van der Waals surface area contributed by atoms with Crippen molar-refractivity contribution in [3.05, 3.63) is 65.7 Å². The first-order valence-corrected chi connectivity index (χ1v) is 6.83. The van der Waals surface area contributed by atoms with E-state index in [1.165, 1.54) is 5.56 Å².